The second-order valence-electron chi connectivity index (χ2n) is 3.46. The molecule has 0 unspecified atom stereocenters. The molecule has 0 spiro atoms. The minimum atomic E-state index is -0.238. The van der Waals surface area contributed by atoms with Gasteiger partial charge < -0.3 is 4.42 Å². The Morgan fingerprint density at radius 1 is 1.17 bits per heavy atom. The molecule has 0 aliphatic carbocycles. The number of hydrogen-bond acceptors (Lipinski definition) is 3. The summed E-state index contributed by atoms with van der Waals surface area (Å²) in [5.41, 5.74) is 3.00. The molecule has 0 aliphatic heterocycles. The van der Waals surface area contributed by atoms with E-state index < -0.39 is 0 Å². The Hall–Kier alpha value is -2.62. The van der Waals surface area contributed by atoms with Crippen molar-refractivity contribution in [3.05, 3.63) is 66.1 Å². The van der Waals surface area contributed by atoms with Crippen molar-refractivity contribution in [2.45, 2.75) is 0 Å². The highest BCUT2D eigenvalue weighted by Crippen LogP contribution is 2.01. The fourth-order valence-corrected chi connectivity index (χ4v) is 1.32. The van der Waals surface area contributed by atoms with Gasteiger partial charge in [0.2, 0.25) is 0 Å². The SMILES string of the molecule is O=C(NN=CC=Cc1ccco1)c1ccccc1. The molecule has 0 radical (unpaired) electrons. The van der Waals surface area contributed by atoms with Crippen LogP contribution < -0.4 is 5.43 Å². The molecule has 1 heterocycles. The Balaban J connectivity index is 1.83. The third-order valence-electron chi connectivity index (χ3n) is 2.17. The van der Waals surface area contributed by atoms with Crippen LogP contribution in [0, 0.1) is 0 Å². The Labute approximate surface area is 105 Å². The van der Waals surface area contributed by atoms with Gasteiger partial charge in [0.1, 0.15) is 5.76 Å². The maximum absolute atomic E-state index is 11.6. The average Bonchev–Trinajstić information content (AvgIpc) is 2.92. The molecule has 2 rings (SSSR count). The van der Waals surface area contributed by atoms with Crippen LogP contribution in [-0.2, 0) is 0 Å². The van der Waals surface area contributed by atoms with E-state index in [0.717, 1.165) is 5.76 Å². The predicted molar refractivity (Wildman–Crippen MR) is 70.1 cm³/mol. The van der Waals surface area contributed by atoms with E-state index in [2.05, 4.69) is 10.5 Å². The van der Waals surface area contributed by atoms with Gasteiger partial charge in [-0.2, -0.15) is 5.10 Å². The number of carbonyl (C=O) groups excluding carboxylic acids is 1. The van der Waals surface area contributed by atoms with Crippen LogP contribution in [0.2, 0.25) is 0 Å². The number of benzene rings is 1. The lowest BCUT2D eigenvalue weighted by Crippen LogP contribution is -2.16. The van der Waals surface area contributed by atoms with Gasteiger partial charge in [0.25, 0.3) is 5.91 Å². The first-order valence-corrected chi connectivity index (χ1v) is 5.45. The molecule has 0 aliphatic rings. The number of hydrogen-bond donors (Lipinski definition) is 1. The van der Waals surface area contributed by atoms with Crippen LogP contribution in [0.3, 0.4) is 0 Å². The number of carbonyl (C=O) groups is 1. The Kier molecular flexibility index (Phi) is 4.08. The first-order valence-electron chi connectivity index (χ1n) is 5.45. The van der Waals surface area contributed by atoms with Crippen molar-refractivity contribution < 1.29 is 9.21 Å². The van der Waals surface area contributed by atoms with E-state index in [0.29, 0.717) is 5.56 Å². The van der Waals surface area contributed by atoms with Crippen LogP contribution in [0.25, 0.3) is 6.08 Å². The van der Waals surface area contributed by atoms with Crippen molar-refractivity contribution in [1.29, 1.82) is 0 Å². The first kappa shape index (κ1) is 11.9. The number of furan rings is 1. The number of hydrazone groups is 1. The number of nitrogens with zero attached hydrogens (tertiary/aromatic N) is 1. The zero-order valence-corrected chi connectivity index (χ0v) is 9.61. The summed E-state index contributed by atoms with van der Waals surface area (Å²) in [5.74, 6) is 0.495. The van der Waals surface area contributed by atoms with Crippen molar-refractivity contribution in [1.82, 2.24) is 5.43 Å². The second kappa shape index (κ2) is 6.20. The molecule has 18 heavy (non-hydrogen) atoms. The highest BCUT2D eigenvalue weighted by atomic mass is 16.3. The number of rotatable bonds is 4. The van der Waals surface area contributed by atoms with Gasteiger partial charge in [0, 0.05) is 11.8 Å². The summed E-state index contributed by atoms with van der Waals surface area (Å²) in [6, 6.07) is 12.5. The molecule has 4 heteroatoms. The molecule has 90 valence electrons. The van der Waals surface area contributed by atoms with E-state index in [-0.39, 0.29) is 5.91 Å². The fourth-order valence-electron chi connectivity index (χ4n) is 1.32. The average molecular weight is 240 g/mol. The summed E-state index contributed by atoms with van der Waals surface area (Å²) in [6.45, 7) is 0. The smallest absolute Gasteiger partial charge is 0.271 e. The summed E-state index contributed by atoms with van der Waals surface area (Å²) in [7, 11) is 0. The second-order valence-corrected chi connectivity index (χ2v) is 3.46. The zero-order valence-electron chi connectivity index (χ0n) is 9.61. The molecule has 1 aromatic heterocycles. The topological polar surface area (TPSA) is 54.6 Å². The van der Waals surface area contributed by atoms with Crippen molar-refractivity contribution in [2.75, 3.05) is 0 Å². The lowest BCUT2D eigenvalue weighted by Gasteiger charge is -1.97. The lowest BCUT2D eigenvalue weighted by molar-refractivity contribution is 0.0955. The Morgan fingerprint density at radius 3 is 2.72 bits per heavy atom. The maximum atomic E-state index is 11.6. The molecule has 0 bridgehead atoms. The molecule has 0 saturated carbocycles. The number of allylic oxidation sites excluding steroid dienone is 1. The van der Waals surface area contributed by atoms with E-state index in [9.17, 15) is 4.79 Å². The van der Waals surface area contributed by atoms with Crippen LogP contribution in [0.4, 0.5) is 0 Å². The Morgan fingerprint density at radius 2 is 2.00 bits per heavy atom. The molecule has 2 aromatic rings. The largest absolute Gasteiger partial charge is 0.465 e. The highest BCUT2D eigenvalue weighted by Gasteiger charge is 2.00. The van der Waals surface area contributed by atoms with Crippen LogP contribution in [-0.4, -0.2) is 12.1 Å². The van der Waals surface area contributed by atoms with E-state index in [1.807, 2.05) is 12.1 Å². The number of amides is 1. The van der Waals surface area contributed by atoms with Gasteiger partial charge in [0.15, 0.2) is 0 Å². The van der Waals surface area contributed by atoms with E-state index >= 15 is 0 Å². The summed E-state index contributed by atoms with van der Waals surface area (Å²) >= 11 is 0. The quantitative estimate of drug-likeness (QED) is 0.659. The molecular weight excluding hydrogens is 228 g/mol. The monoisotopic (exact) mass is 240 g/mol. The third kappa shape index (κ3) is 3.45. The summed E-state index contributed by atoms with van der Waals surface area (Å²) < 4.78 is 5.09. The lowest BCUT2D eigenvalue weighted by atomic mass is 10.2. The predicted octanol–water partition coefficient (Wildman–Crippen LogP) is 2.71. The van der Waals surface area contributed by atoms with Gasteiger partial charge in [-0.3, -0.25) is 4.79 Å². The van der Waals surface area contributed by atoms with E-state index in [1.54, 1.807) is 48.7 Å². The van der Waals surface area contributed by atoms with Crippen LogP contribution in [0.5, 0.6) is 0 Å². The third-order valence-corrected chi connectivity index (χ3v) is 2.17. The van der Waals surface area contributed by atoms with Gasteiger partial charge in [0.05, 0.1) is 6.26 Å². The summed E-state index contributed by atoms with van der Waals surface area (Å²) in [6.07, 6.45) is 6.51. The van der Waals surface area contributed by atoms with E-state index in [1.165, 1.54) is 6.21 Å². The molecule has 1 amide bonds. The van der Waals surface area contributed by atoms with Crippen molar-refractivity contribution in [3.8, 4) is 0 Å². The minimum Gasteiger partial charge on any atom is -0.465 e. The molecule has 4 nitrogen and oxygen atoms in total. The van der Waals surface area contributed by atoms with Crippen LogP contribution in [0.1, 0.15) is 16.1 Å². The molecule has 1 N–H and O–H groups in total. The first-order chi connectivity index (χ1) is 8.86. The summed E-state index contributed by atoms with van der Waals surface area (Å²) in [5, 5.41) is 3.79. The minimum absolute atomic E-state index is 0.238. The number of nitrogens with one attached hydrogen (secondary N) is 1. The highest BCUT2D eigenvalue weighted by molar-refractivity contribution is 5.94. The van der Waals surface area contributed by atoms with Gasteiger partial charge in [-0.15, -0.1) is 0 Å². The van der Waals surface area contributed by atoms with Gasteiger partial charge in [-0.05, 0) is 36.4 Å². The Bertz CT molecular complexity index is 542. The zero-order chi connectivity index (χ0) is 12.6. The fraction of sp³-hybridized carbons (Fsp3) is 0. The van der Waals surface area contributed by atoms with Crippen molar-refractivity contribution in [2.24, 2.45) is 5.10 Å². The molecule has 1 aromatic carbocycles. The van der Waals surface area contributed by atoms with Gasteiger partial charge in [-0.1, -0.05) is 18.2 Å². The normalized spacial score (nSPS) is 11.1. The molecule has 0 saturated heterocycles. The van der Waals surface area contributed by atoms with Crippen LogP contribution >= 0.6 is 0 Å². The maximum Gasteiger partial charge on any atom is 0.271 e. The molecular formula is C14H12N2O2. The summed E-state index contributed by atoms with van der Waals surface area (Å²) in [4.78, 5) is 11.6. The molecule has 0 atom stereocenters. The van der Waals surface area contributed by atoms with Crippen LogP contribution in [0.15, 0.2) is 64.3 Å². The van der Waals surface area contributed by atoms with Crippen molar-refractivity contribution in [3.63, 3.8) is 0 Å². The van der Waals surface area contributed by atoms with Crippen molar-refractivity contribution >= 4 is 18.2 Å². The standard InChI is InChI=1S/C14H12N2O2/c17-14(12-6-2-1-3-7-12)16-15-10-4-8-13-9-5-11-18-13/h1-11H,(H,16,17). The van der Waals surface area contributed by atoms with Gasteiger partial charge in [-0.25, -0.2) is 5.43 Å². The van der Waals surface area contributed by atoms with Gasteiger partial charge >= 0.3 is 0 Å². The molecule has 0 fully saturated rings. The van der Waals surface area contributed by atoms with E-state index in [4.69, 9.17) is 4.42 Å².